The summed E-state index contributed by atoms with van der Waals surface area (Å²) in [4.78, 5) is 4.63. The van der Waals surface area contributed by atoms with Crippen LogP contribution in [0.1, 0.15) is 22.6 Å². The first-order valence-corrected chi connectivity index (χ1v) is 14.4. The number of nitrogens with zero attached hydrogens (tertiary/aromatic N) is 2. The van der Waals surface area contributed by atoms with Crippen LogP contribution in [0.25, 0.3) is 21.5 Å². The minimum Gasteiger partial charge on any atom is -0.497 e. The van der Waals surface area contributed by atoms with Crippen LogP contribution in [-0.2, 0) is 0 Å². The minimum absolute atomic E-state index is 0.0206. The zero-order valence-corrected chi connectivity index (χ0v) is 23.9. The molecule has 0 aromatic heterocycles. The third kappa shape index (κ3) is 6.08. The molecule has 0 bridgehead atoms. The van der Waals surface area contributed by atoms with Crippen LogP contribution in [-0.4, -0.2) is 74.5 Å². The van der Waals surface area contributed by atoms with Crippen LogP contribution in [0.5, 0.6) is 11.5 Å². The second kappa shape index (κ2) is 12.3. The van der Waals surface area contributed by atoms with Crippen LogP contribution in [0.4, 0.5) is 0 Å². The van der Waals surface area contributed by atoms with Crippen molar-refractivity contribution in [2.45, 2.75) is 12.0 Å². The molecular weight excluding hydrogens is 508 g/mol. The molecule has 5 aromatic rings. The summed E-state index contributed by atoms with van der Waals surface area (Å²) in [7, 11) is 3.84. The summed E-state index contributed by atoms with van der Waals surface area (Å²) in [6.07, 6.45) is -0.519. The summed E-state index contributed by atoms with van der Waals surface area (Å²) in [6, 6.07) is 36.4. The maximum absolute atomic E-state index is 10.6. The van der Waals surface area contributed by atoms with E-state index in [0.29, 0.717) is 6.54 Å². The van der Waals surface area contributed by atoms with E-state index in [0.717, 1.165) is 37.7 Å². The number of aliphatic hydroxyl groups is 1. The predicted molar refractivity (Wildman–Crippen MR) is 167 cm³/mol. The largest absolute Gasteiger partial charge is 0.497 e. The van der Waals surface area contributed by atoms with Gasteiger partial charge in [0.1, 0.15) is 24.2 Å². The van der Waals surface area contributed by atoms with Crippen LogP contribution in [0.2, 0.25) is 0 Å². The van der Waals surface area contributed by atoms with Crippen molar-refractivity contribution in [1.29, 1.82) is 0 Å². The Hall–Kier alpha value is -3.90. The van der Waals surface area contributed by atoms with E-state index in [1.807, 2.05) is 24.3 Å². The molecular formula is C36H38N2O3. The average Bonchev–Trinajstić information content (AvgIpc) is 3.02. The van der Waals surface area contributed by atoms with Crippen molar-refractivity contribution in [2.24, 2.45) is 0 Å². The molecule has 5 aromatic carbocycles. The molecule has 1 heterocycles. The third-order valence-corrected chi connectivity index (χ3v) is 8.28. The first-order valence-electron chi connectivity index (χ1n) is 14.4. The fourth-order valence-corrected chi connectivity index (χ4v) is 6.00. The molecule has 0 amide bonds. The van der Waals surface area contributed by atoms with Crippen LogP contribution in [0.15, 0.2) is 103 Å². The fraction of sp³-hybridized carbons (Fsp3) is 0.278. The molecule has 1 saturated heterocycles. The molecule has 6 rings (SSSR count). The minimum atomic E-state index is -0.519. The number of hydrogen-bond acceptors (Lipinski definition) is 5. The molecule has 0 spiro atoms. The molecule has 2 atom stereocenters. The standard InChI is InChI=1S/C36H38N2O3/c1-37-19-21-38(22-20-37)24-29(39)25-41-31-17-13-27(14-18-31)36(26-11-15-30(40-2)16-12-26)35-23-28-7-3-4-8-32(28)33-9-5-6-10-34(33)35/h3-18,23,29,36,39H,19-22,24-25H2,1-2H3. The Morgan fingerprint density at radius 3 is 1.95 bits per heavy atom. The molecule has 0 aliphatic carbocycles. The lowest BCUT2D eigenvalue weighted by Gasteiger charge is -2.33. The van der Waals surface area contributed by atoms with Gasteiger partial charge in [-0.25, -0.2) is 0 Å². The van der Waals surface area contributed by atoms with Gasteiger partial charge in [-0.1, -0.05) is 72.8 Å². The van der Waals surface area contributed by atoms with E-state index >= 15 is 0 Å². The Kier molecular flexibility index (Phi) is 8.19. The van der Waals surface area contributed by atoms with E-state index in [1.54, 1.807) is 7.11 Å². The van der Waals surface area contributed by atoms with Gasteiger partial charge in [-0.15, -0.1) is 0 Å². The van der Waals surface area contributed by atoms with Crippen LogP contribution in [0.3, 0.4) is 0 Å². The van der Waals surface area contributed by atoms with Crippen molar-refractivity contribution >= 4 is 21.5 Å². The van der Waals surface area contributed by atoms with E-state index < -0.39 is 6.10 Å². The zero-order valence-electron chi connectivity index (χ0n) is 23.9. The van der Waals surface area contributed by atoms with Gasteiger partial charge < -0.3 is 19.5 Å². The quantitative estimate of drug-likeness (QED) is 0.177. The van der Waals surface area contributed by atoms with E-state index in [-0.39, 0.29) is 12.5 Å². The van der Waals surface area contributed by atoms with Gasteiger partial charge in [0.2, 0.25) is 0 Å². The third-order valence-electron chi connectivity index (χ3n) is 8.28. The summed E-state index contributed by atoms with van der Waals surface area (Å²) in [5.74, 6) is 1.63. The molecule has 5 heteroatoms. The second-order valence-electron chi connectivity index (χ2n) is 11.1. The van der Waals surface area contributed by atoms with Gasteiger partial charge in [-0.2, -0.15) is 0 Å². The molecule has 41 heavy (non-hydrogen) atoms. The van der Waals surface area contributed by atoms with Crippen molar-refractivity contribution < 1.29 is 14.6 Å². The first kappa shape index (κ1) is 27.3. The lowest BCUT2D eigenvalue weighted by molar-refractivity contribution is 0.0505. The summed E-state index contributed by atoms with van der Waals surface area (Å²) < 4.78 is 11.5. The molecule has 0 saturated carbocycles. The lowest BCUT2D eigenvalue weighted by atomic mass is 9.81. The van der Waals surface area contributed by atoms with Crippen molar-refractivity contribution in [3.8, 4) is 11.5 Å². The number of ether oxygens (including phenoxy) is 2. The number of benzene rings is 5. The van der Waals surface area contributed by atoms with Crippen LogP contribution >= 0.6 is 0 Å². The monoisotopic (exact) mass is 546 g/mol. The smallest absolute Gasteiger partial charge is 0.119 e. The van der Waals surface area contributed by atoms with Gasteiger partial charge in [-0.05, 0) is 75.6 Å². The van der Waals surface area contributed by atoms with E-state index in [1.165, 1.54) is 38.2 Å². The lowest BCUT2D eigenvalue weighted by Crippen LogP contribution is -2.47. The highest BCUT2D eigenvalue weighted by Crippen LogP contribution is 2.40. The molecule has 1 fully saturated rings. The van der Waals surface area contributed by atoms with Gasteiger partial charge in [0, 0.05) is 38.6 Å². The van der Waals surface area contributed by atoms with Crippen LogP contribution < -0.4 is 9.47 Å². The highest BCUT2D eigenvalue weighted by atomic mass is 16.5. The topological polar surface area (TPSA) is 45.2 Å². The summed E-state index contributed by atoms with van der Waals surface area (Å²) in [6.45, 7) is 4.97. The predicted octanol–water partition coefficient (Wildman–Crippen LogP) is 6.17. The second-order valence-corrected chi connectivity index (χ2v) is 11.1. The highest BCUT2D eigenvalue weighted by molar-refractivity contribution is 6.09. The number of aliphatic hydroxyl groups excluding tert-OH is 1. The maximum atomic E-state index is 10.6. The Bertz CT molecular complexity index is 1590. The molecule has 0 radical (unpaired) electrons. The number of piperazine rings is 1. The van der Waals surface area contributed by atoms with E-state index in [2.05, 4.69) is 95.7 Å². The number of likely N-dealkylation sites (N-methyl/N-ethyl adjacent to an activating group) is 1. The molecule has 2 unspecified atom stereocenters. The maximum Gasteiger partial charge on any atom is 0.119 e. The number of hydrogen-bond donors (Lipinski definition) is 1. The number of fused-ring (bicyclic) bond motifs is 3. The van der Waals surface area contributed by atoms with Gasteiger partial charge in [0.15, 0.2) is 0 Å². The average molecular weight is 547 g/mol. The highest BCUT2D eigenvalue weighted by Gasteiger charge is 2.21. The number of β-amino-alcohol motifs (C(OH)–C–C–N with tert-alkyl or cyclic N) is 1. The fourth-order valence-electron chi connectivity index (χ4n) is 6.00. The van der Waals surface area contributed by atoms with Crippen molar-refractivity contribution in [2.75, 3.05) is 53.5 Å². The van der Waals surface area contributed by atoms with Gasteiger partial charge >= 0.3 is 0 Å². The molecule has 1 N–H and O–H groups in total. The van der Waals surface area contributed by atoms with Crippen molar-refractivity contribution in [3.63, 3.8) is 0 Å². The Labute approximate surface area is 242 Å². The number of methoxy groups -OCH3 is 1. The number of rotatable bonds is 9. The van der Waals surface area contributed by atoms with E-state index in [9.17, 15) is 5.11 Å². The summed E-state index contributed by atoms with van der Waals surface area (Å²) in [5.41, 5.74) is 3.64. The first-order chi connectivity index (χ1) is 20.1. The molecule has 210 valence electrons. The Morgan fingerprint density at radius 1 is 0.707 bits per heavy atom. The summed E-state index contributed by atoms with van der Waals surface area (Å²) >= 11 is 0. The van der Waals surface area contributed by atoms with Crippen molar-refractivity contribution in [1.82, 2.24) is 9.80 Å². The molecule has 1 aliphatic rings. The summed E-state index contributed by atoms with van der Waals surface area (Å²) in [5, 5.41) is 15.6. The molecule has 5 nitrogen and oxygen atoms in total. The zero-order chi connectivity index (χ0) is 28.2. The Morgan fingerprint density at radius 2 is 1.29 bits per heavy atom. The SMILES string of the molecule is COc1ccc(C(c2ccc(OCC(O)CN3CCN(C)CC3)cc2)c2cc3ccccc3c3ccccc23)cc1. The van der Waals surface area contributed by atoms with Gasteiger partial charge in [0.05, 0.1) is 7.11 Å². The van der Waals surface area contributed by atoms with Gasteiger partial charge in [-0.3, -0.25) is 4.90 Å². The van der Waals surface area contributed by atoms with Gasteiger partial charge in [0.25, 0.3) is 0 Å². The molecule has 1 aliphatic heterocycles. The van der Waals surface area contributed by atoms with Crippen molar-refractivity contribution in [3.05, 3.63) is 120 Å². The normalized spacial score (nSPS) is 16.1. The Balaban J connectivity index is 1.30. The van der Waals surface area contributed by atoms with E-state index in [4.69, 9.17) is 9.47 Å². The van der Waals surface area contributed by atoms with Crippen LogP contribution in [0, 0.1) is 0 Å².